The molecule has 1 aromatic carbocycles. The molecule has 116 valence electrons. The summed E-state index contributed by atoms with van der Waals surface area (Å²) in [7, 11) is 4.06. The van der Waals surface area contributed by atoms with Crippen molar-refractivity contribution in [2.45, 2.75) is 25.3 Å². The molecule has 1 atom stereocenters. The molecule has 0 aliphatic carbocycles. The fourth-order valence-corrected chi connectivity index (χ4v) is 2.92. The van der Waals surface area contributed by atoms with Gasteiger partial charge >= 0.3 is 0 Å². The average Bonchev–Trinajstić information content (AvgIpc) is 2.85. The number of likely N-dealkylation sites (N-methyl/N-ethyl adjacent to an activating group) is 1. The second kappa shape index (κ2) is 7.09. The molecule has 21 heavy (non-hydrogen) atoms. The molecule has 1 aromatic rings. The minimum Gasteiger partial charge on any atom is -0.308 e. The van der Waals surface area contributed by atoms with Crippen LogP contribution >= 0.6 is 0 Å². The fourth-order valence-electron chi connectivity index (χ4n) is 2.92. The predicted molar refractivity (Wildman–Crippen MR) is 78.5 cm³/mol. The van der Waals surface area contributed by atoms with Crippen molar-refractivity contribution in [3.63, 3.8) is 0 Å². The first kappa shape index (κ1) is 16.0. The van der Waals surface area contributed by atoms with Gasteiger partial charge in [-0.2, -0.15) is 0 Å². The first-order valence-corrected chi connectivity index (χ1v) is 7.35. The Labute approximate surface area is 124 Å². The van der Waals surface area contributed by atoms with Crippen molar-refractivity contribution in [3.05, 3.63) is 35.4 Å². The van der Waals surface area contributed by atoms with E-state index in [2.05, 4.69) is 9.80 Å². The van der Waals surface area contributed by atoms with Gasteiger partial charge in [-0.3, -0.25) is 9.69 Å². The van der Waals surface area contributed by atoms with Gasteiger partial charge in [0.25, 0.3) is 0 Å². The minimum absolute atomic E-state index is 0.140. The molecule has 0 saturated carbocycles. The Morgan fingerprint density at radius 2 is 2.14 bits per heavy atom. The van der Waals surface area contributed by atoms with E-state index in [1.54, 1.807) is 0 Å². The lowest BCUT2D eigenvalue weighted by atomic mass is 10.1. The fraction of sp³-hybridized carbons (Fsp3) is 0.562. The maximum atomic E-state index is 13.6. The van der Waals surface area contributed by atoms with Gasteiger partial charge in [-0.15, -0.1) is 0 Å². The summed E-state index contributed by atoms with van der Waals surface area (Å²) in [6.07, 6.45) is 2.48. The Hall–Kier alpha value is -1.33. The number of hydrogen-bond acceptors (Lipinski definition) is 3. The van der Waals surface area contributed by atoms with Crippen molar-refractivity contribution < 1.29 is 13.6 Å². The normalized spacial score (nSPS) is 19.4. The van der Waals surface area contributed by atoms with E-state index in [0.29, 0.717) is 12.6 Å². The topological polar surface area (TPSA) is 23.6 Å². The lowest BCUT2D eigenvalue weighted by molar-refractivity contribution is 0.0952. The summed E-state index contributed by atoms with van der Waals surface area (Å²) in [6, 6.07) is 4.20. The molecule has 0 bridgehead atoms. The van der Waals surface area contributed by atoms with E-state index in [1.807, 2.05) is 14.1 Å². The number of benzene rings is 1. The summed E-state index contributed by atoms with van der Waals surface area (Å²) in [5.41, 5.74) is -0.140. The quantitative estimate of drug-likeness (QED) is 0.754. The van der Waals surface area contributed by atoms with E-state index < -0.39 is 11.6 Å². The lowest BCUT2D eigenvalue weighted by Gasteiger charge is -2.26. The van der Waals surface area contributed by atoms with Crippen LogP contribution in [-0.4, -0.2) is 55.4 Å². The first-order valence-electron chi connectivity index (χ1n) is 7.35. The zero-order valence-electron chi connectivity index (χ0n) is 12.6. The van der Waals surface area contributed by atoms with Crippen LogP contribution in [0.15, 0.2) is 18.2 Å². The average molecular weight is 296 g/mol. The molecular formula is C16H22F2N2O. The number of Topliss-reactive ketones (excluding diaryl/α,β-unsaturated/α-hetero) is 1. The van der Waals surface area contributed by atoms with E-state index >= 15 is 0 Å². The van der Waals surface area contributed by atoms with Crippen molar-refractivity contribution in [1.29, 1.82) is 0 Å². The summed E-state index contributed by atoms with van der Waals surface area (Å²) < 4.78 is 26.7. The summed E-state index contributed by atoms with van der Waals surface area (Å²) in [5, 5.41) is 0. The molecule has 0 aromatic heterocycles. The summed E-state index contributed by atoms with van der Waals surface area (Å²) >= 11 is 0. The molecule has 0 amide bonds. The Morgan fingerprint density at radius 3 is 2.86 bits per heavy atom. The van der Waals surface area contributed by atoms with Crippen LogP contribution in [-0.2, 0) is 0 Å². The van der Waals surface area contributed by atoms with Crippen LogP contribution in [0.4, 0.5) is 8.78 Å². The largest absolute Gasteiger partial charge is 0.308 e. The van der Waals surface area contributed by atoms with Crippen LogP contribution in [0, 0.1) is 11.6 Å². The number of nitrogens with zero attached hydrogens (tertiary/aromatic N) is 2. The third-order valence-electron chi connectivity index (χ3n) is 3.95. The number of carbonyl (C=O) groups is 1. The molecule has 0 N–H and O–H groups in total. The third kappa shape index (κ3) is 4.08. The highest BCUT2D eigenvalue weighted by Crippen LogP contribution is 2.19. The lowest BCUT2D eigenvalue weighted by Crippen LogP contribution is -2.38. The van der Waals surface area contributed by atoms with Crippen molar-refractivity contribution in [3.8, 4) is 0 Å². The Balaban J connectivity index is 1.93. The van der Waals surface area contributed by atoms with Crippen molar-refractivity contribution in [2.24, 2.45) is 0 Å². The molecule has 1 fully saturated rings. The van der Waals surface area contributed by atoms with Gasteiger partial charge in [-0.05, 0) is 45.6 Å². The zero-order chi connectivity index (χ0) is 15.4. The van der Waals surface area contributed by atoms with Crippen molar-refractivity contribution in [2.75, 3.05) is 33.7 Å². The summed E-state index contributed by atoms with van der Waals surface area (Å²) in [5.74, 6) is -2.33. The molecule has 1 saturated heterocycles. The minimum atomic E-state index is -1.03. The van der Waals surface area contributed by atoms with Crippen LogP contribution < -0.4 is 0 Å². The van der Waals surface area contributed by atoms with Gasteiger partial charge < -0.3 is 4.90 Å². The van der Waals surface area contributed by atoms with E-state index in [-0.39, 0.29) is 17.8 Å². The number of rotatable bonds is 6. The number of halogens is 2. The van der Waals surface area contributed by atoms with Gasteiger partial charge in [-0.25, -0.2) is 8.78 Å². The molecule has 1 unspecified atom stereocenters. The maximum absolute atomic E-state index is 13.6. The Bertz CT molecular complexity index is 505. The third-order valence-corrected chi connectivity index (χ3v) is 3.95. The van der Waals surface area contributed by atoms with Gasteiger partial charge in [0.05, 0.1) is 5.56 Å². The first-order chi connectivity index (χ1) is 9.99. The van der Waals surface area contributed by atoms with Crippen LogP contribution in [0.25, 0.3) is 0 Å². The SMILES string of the molecule is CN(C)CC1CCCN1CCC(=O)c1cccc(F)c1F. The summed E-state index contributed by atoms with van der Waals surface area (Å²) in [6.45, 7) is 2.53. The monoisotopic (exact) mass is 296 g/mol. The van der Waals surface area contributed by atoms with Gasteiger partial charge in [0.2, 0.25) is 0 Å². The second-order valence-electron chi connectivity index (χ2n) is 5.87. The van der Waals surface area contributed by atoms with E-state index in [0.717, 1.165) is 32.0 Å². The molecule has 5 heteroatoms. The number of ketones is 1. The van der Waals surface area contributed by atoms with Crippen molar-refractivity contribution in [1.82, 2.24) is 9.80 Å². The predicted octanol–water partition coefficient (Wildman–Crippen LogP) is 2.56. The molecule has 1 heterocycles. The van der Waals surface area contributed by atoms with Crippen LogP contribution in [0.1, 0.15) is 29.6 Å². The van der Waals surface area contributed by atoms with Crippen LogP contribution in [0.5, 0.6) is 0 Å². The van der Waals surface area contributed by atoms with Crippen LogP contribution in [0.3, 0.4) is 0 Å². The molecule has 1 aliphatic heterocycles. The highest BCUT2D eigenvalue weighted by molar-refractivity contribution is 5.96. The van der Waals surface area contributed by atoms with E-state index in [4.69, 9.17) is 0 Å². The van der Waals surface area contributed by atoms with Crippen molar-refractivity contribution >= 4 is 5.78 Å². The molecular weight excluding hydrogens is 274 g/mol. The molecule has 2 rings (SSSR count). The highest BCUT2D eigenvalue weighted by atomic mass is 19.2. The van der Waals surface area contributed by atoms with E-state index in [1.165, 1.54) is 12.1 Å². The Morgan fingerprint density at radius 1 is 1.38 bits per heavy atom. The van der Waals surface area contributed by atoms with Gasteiger partial charge in [0.15, 0.2) is 17.4 Å². The Kier molecular flexibility index (Phi) is 5.42. The smallest absolute Gasteiger partial charge is 0.169 e. The second-order valence-corrected chi connectivity index (χ2v) is 5.87. The van der Waals surface area contributed by atoms with Gasteiger partial charge in [-0.1, -0.05) is 6.07 Å². The maximum Gasteiger partial charge on any atom is 0.169 e. The van der Waals surface area contributed by atoms with Crippen LogP contribution in [0.2, 0.25) is 0 Å². The van der Waals surface area contributed by atoms with Gasteiger partial charge in [0.1, 0.15) is 0 Å². The summed E-state index contributed by atoms with van der Waals surface area (Å²) in [4.78, 5) is 16.5. The van der Waals surface area contributed by atoms with E-state index in [9.17, 15) is 13.6 Å². The van der Waals surface area contributed by atoms with Gasteiger partial charge in [0, 0.05) is 25.6 Å². The number of carbonyl (C=O) groups excluding carboxylic acids is 1. The zero-order valence-corrected chi connectivity index (χ0v) is 12.6. The molecule has 0 spiro atoms. The standard InChI is InChI=1S/C16H22F2N2O/c1-19(2)11-12-5-4-9-20(12)10-8-15(21)13-6-3-7-14(17)16(13)18/h3,6-7,12H,4-5,8-11H2,1-2H3. The highest BCUT2D eigenvalue weighted by Gasteiger charge is 2.25. The number of likely N-dealkylation sites (tertiary alicyclic amines) is 1. The molecule has 3 nitrogen and oxygen atoms in total. The number of hydrogen-bond donors (Lipinski definition) is 0. The molecule has 1 aliphatic rings. The molecule has 0 radical (unpaired) electrons.